The number of allylic oxidation sites excluding steroid dienone is 1. The van der Waals surface area contributed by atoms with Crippen LogP contribution in [0.1, 0.15) is 10.5 Å². The molecular weight excluding hydrogens is 271 g/mol. The number of benzene rings is 1. The first-order chi connectivity index (χ1) is 8.65. The fourth-order valence-electron chi connectivity index (χ4n) is 1.62. The molecule has 0 saturated heterocycles. The second kappa shape index (κ2) is 5.38. The molecule has 0 unspecified atom stereocenters. The van der Waals surface area contributed by atoms with Crippen LogP contribution in [0.2, 0.25) is 10.0 Å². The molecule has 1 heterocycles. The van der Waals surface area contributed by atoms with E-state index >= 15 is 0 Å². The number of halogens is 2. The van der Waals surface area contributed by atoms with Crippen molar-refractivity contribution in [1.29, 1.82) is 0 Å². The van der Waals surface area contributed by atoms with E-state index in [1.807, 2.05) is 0 Å². The number of carbonyl (C=O) groups is 1. The third kappa shape index (κ3) is 2.47. The topological polar surface area (TPSA) is 34.9 Å². The van der Waals surface area contributed by atoms with Crippen molar-refractivity contribution >= 4 is 29.5 Å². The average molecular weight is 281 g/mol. The first-order valence-electron chi connectivity index (χ1n) is 5.25. The zero-order chi connectivity index (χ0) is 13.1. The molecular formula is C13H10Cl2N2O. The average Bonchev–Trinajstić information content (AvgIpc) is 2.72. The lowest BCUT2D eigenvalue weighted by Gasteiger charge is -2.01. The molecule has 0 N–H and O–H groups in total. The predicted molar refractivity (Wildman–Crippen MR) is 73.3 cm³/mol. The van der Waals surface area contributed by atoms with Crippen LogP contribution in [0, 0.1) is 0 Å². The molecule has 0 aliphatic rings. The molecule has 0 radical (unpaired) electrons. The maximum atomic E-state index is 10.9. The van der Waals surface area contributed by atoms with Gasteiger partial charge in [-0.15, -0.1) is 6.58 Å². The van der Waals surface area contributed by atoms with Crippen LogP contribution in [0.4, 0.5) is 0 Å². The number of carbonyl (C=O) groups excluding carboxylic acids is 1. The lowest BCUT2D eigenvalue weighted by atomic mass is 10.1. The summed E-state index contributed by atoms with van der Waals surface area (Å²) in [7, 11) is 0. The fraction of sp³-hybridized carbons (Fsp3) is 0.0769. The van der Waals surface area contributed by atoms with E-state index in [4.69, 9.17) is 23.2 Å². The highest BCUT2D eigenvalue weighted by Gasteiger charge is 2.11. The van der Waals surface area contributed by atoms with Crippen LogP contribution in [-0.2, 0) is 6.54 Å². The molecule has 92 valence electrons. The molecule has 0 spiro atoms. The molecule has 0 aliphatic carbocycles. The van der Waals surface area contributed by atoms with Crippen molar-refractivity contribution in [3.05, 3.63) is 52.7 Å². The molecule has 1 aromatic carbocycles. The first-order valence-corrected chi connectivity index (χ1v) is 6.00. The second-order valence-corrected chi connectivity index (χ2v) is 4.51. The van der Waals surface area contributed by atoms with Crippen LogP contribution < -0.4 is 0 Å². The molecule has 0 saturated carbocycles. The summed E-state index contributed by atoms with van der Waals surface area (Å²) < 4.78 is 1.57. The summed E-state index contributed by atoms with van der Waals surface area (Å²) in [6, 6.07) is 6.84. The van der Waals surface area contributed by atoms with E-state index in [1.165, 1.54) is 0 Å². The van der Waals surface area contributed by atoms with Gasteiger partial charge in [0.05, 0.1) is 17.3 Å². The molecule has 5 heteroatoms. The third-order valence-electron chi connectivity index (χ3n) is 2.44. The molecule has 2 rings (SSSR count). The van der Waals surface area contributed by atoms with Crippen molar-refractivity contribution in [1.82, 2.24) is 9.78 Å². The normalized spacial score (nSPS) is 10.3. The summed E-state index contributed by atoms with van der Waals surface area (Å²) in [5.74, 6) is 0. The predicted octanol–water partition coefficient (Wildman–Crippen LogP) is 3.86. The molecule has 2 aromatic rings. The van der Waals surface area contributed by atoms with Crippen molar-refractivity contribution in [2.24, 2.45) is 0 Å². The largest absolute Gasteiger partial charge is 0.296 e. The van der Waals surface area contributed by atoms with Crippen molar-refractivity contribution in [3.8, 4) is 11.3 Å². The summed E-state index contributed by atoms with van der Waals surface area (Å²) in [6.07, 6.45) is 2.43. The zero-order valence-corrected chi connectivity index (χ0v) is 10.9. The summed E-state index contributed by atoms with van der Waals surface area (Å²) in [5.41, 5.74) is 1.86. The Morgan fingerprint density at radius 1 is 1.33 bits per heavy atom. The monoisotopic (exact) mass is 280 g/mol. The van der Waals surface area contributed by atoms with Gasteiger partial charge in [0, 0.05) is 10.6 Å². The van der Waals surface area contributed by atoms with Crippen LogP contribution >= 0.6 is 23.2 Å². The van der Waals surface area contributed by atoms with E-state index in [9.17, 15) is 4.79 Å². The van der Waals surface area contributed by atoms with E-state index in [0.717, 1.165) is 11.8 Å². The number of aldehydes is 1. The molecule has 0 amide bonds. The Balaban J connectivity index is 2.50. The minimum Gasteiger partial charge on any atom is -0.296 e. The quantitative estimate of drug-likeness (QED) is 0.630. The van der Waals surface area contributed by atoms with Gasteiger partial charge < -0.3 is 0 Å². The summed E-state index contributed by atoms with van der Waals surface area (Å²) in [5, 5.41) is 5.38. The van der Waals surface area contributed by atoms with Crippen molar-refractivity contribution in [2.75, 3.05) is 0 Å². The van der Waals surface area contributed by atoms with E-state index in [0.29, 0.717) is 28.0 Å². The molecule has 18 heavy (non-hydrogen) atoms. The minimum absolute atomic E-state index is 0.472. The number of aromatic nitrogens is 2. The Morgan fingerprint density at radius 3 is 2.72 bits per heavy atom. The van der Waals surface area contributed by atoms with Gasteiger partial charge in [0.1, 0.15) is 5.69 Å². The van der Waals surface area contributed by atoms with Crippen LogP contribution in [0.15, 0.2) is 36.9 Å². The van der Waals surface area contributed by atoms with E-state index in [-0.39, 0.29) is 0 Å². The maximum Gasteiger partial charge on any atom is 0.168 e. The van der Waals surface area contributed by atoms with Crippen LogP contribution in [0.25, 0.3) is 11.3 Å². The van der Waals surface area contributed by atoms with Gasteiger partial charge in [0.25, 0.3) is 0 Å². The van der Waals surface area contributed by atoms with Gasteiger partial charge in [-0.25, -0.2) is 0 Å². The lowest BCUT2D eigenvalue weighted by molar-refractivity contribution is 0.111. The zero-order valence-electron chi connectivity index (χ0n) is 9.44. The summed E-state index contributed by atoms with van der Waals surface area (Å²) in [6.45, 7) is 4.09. The maximum absolute atomic E-state index is 10.9. The standard InChI is InChI=1S/C13H10Cl2N2O/c1-2-5-17-10(8-18)7-13(16-17)11-4-3-9(14)6-12(11)15/h2-4,6-8H,1,5H2. The van der Waals surface area contributed by atoms with Gasteiger partial charge in [-0.1, -0.05) is 29.3 Å². The highest BCUT2D eigenvalue weighted by Crippen LogP contribution is 2.29. The van der Waals surface area contributed by atoms with Crippen LogP contribution in [0.3, 0.4) is 0 Å². The first kappa shape index (κ1) is 12.9. The van der Waals surface area contributed by atoms with Crippen molar-refractivity contribution in [2.45, 2.75) is 6.54 Å². The minimum atomic E-state index is 0.472. The Morgan fingerprint density at radius 2 is 2.11 bits per heavy atom. The number of nitrogens with zero attached hydrogens (tertiary/aromatic N) is 2. The van der Waals surface area contributed by atoms with Crippen LogP contribution in [0.5, 0.6) is 0 Å². The van der Waals surface area contributed by atoms with E-state index in [2.05, 4.69) is 11.7 Å². The van der Waals surface area contributed by atoms with Crippen LogP contribution in [-0.4, -0.2) is 16.1 Å². The van der Waals surface area contributed by atoms with Gasteiger partial charge in [0.15, 0.2) is 6.29 Å². The number of hydrogen-bond acceptors (Lipinski definition) is 2. The lowest BCUT2D eigenvalue weighted by Crippen LogP contribution is -2.01. The smallest absolute Gasteiger partial charge is 0.168 e. The van der Waals surface area contributed by atoms with Gasteiger partial charge in [0.2, 0.25) is 0 Å². The number of rotatable bonds is 4. The molecule has 3 nitrogen and oxygen atoms in total. The molecule has 0 bridgehead atoms. The molecule has 0 fully saturated rings. The van der Waals surface area contributed by atoms with Gasteiger partial charge >= 0.3 is 0 Å². The SMILES string of the molecule is C=CCn1nc(-c2ccc(Cl)cc2Cl)cc1C=O. The highest BCUT2D eigenvalue weighted by atomic mass is 35.5. The Bertz CT molecular complexity index is 605. The van der Waals surface area contributed by atoms with E-state index < -0.39 is 0 Å². The van der Waals surface area contributed by atoms with Gasteiger partial charge in [-0.3, -0.25) is 9.48 Å². The Hall–Kier alpha value is -1.58. The highest BCUT2D eigenvalue weighted by molar-refractivity contribution is 6.36. The fourth-order valence-corrected chi connectivity index (χ4v) is 2.13. The third-order valence-corrected chi connectivity index (χ3v) is 2.99. The van der Waals surface area contributed by atoms with Gasteiger partial charge in [-0.05, 0) is 24.3 Å². The Labute approximate surface area is 115 Å². The van der Waals surface area contributed by atoms with Gasteiger partial charge in [-0.2, -0.15) is 5.10 Å². The molecule has 1 aromatic heterocycles. The van der Waals surface area contributed by atoms with Crippen molar-refractivity contribution < 1.29 is 4.79 Å². The summed E-state index contributed by atoms with van der Waals surface area (Å²) >= 11 is 11.9. The van der Waals surface area contributed by atoms with E-state index in [1.54, 1.807) is 35.0 Å². The Kier molecular flexibility index (Phi) is 3.84. The molecule has 0 aliphatic heterocycles. The second-order valence-electron chi connectivity index (χ2n) is 3.67. The summed E-state index contributed by atoms with van der Waals surface area (Å²) in [4.78, 5) is 10.9. The molecule has 0 atom stereocenters. The number of hydrogen-bond donors (Lipinski definition) is 0. The van der Waals surface area contributed by atoms with Crippen molar-refractivity contribution in [3.63, 3.8) is 0 Å².